The summed E-state index contributed by atoms with van der Waals surface area (Å²) < 4.78 is 0. The average Bonchev–Trinajstić information content (AvgIpc) is 2.94. The summed E-state index contributed by atoms with van der Waals surface area (Å²) in [5.41, 5.74) is 2.65. The predicted molar refractivity (Wildman–Crippen MR) is 173 cm³/mol. The number of piperazine rings is 1. The molecule has 4 fully saturated rings. The molecule has 1 amide bonds. The first-order valence-corrected chi connectivity index (χ1v) is 16.0. The van der Waals surface area contributed by atoms with Gasteiger partial charge in [-0.3, -0.25) is 4.79 Å². The third-order valence-electron chi connectivity index (χ3n) is 9.90. The molecule has 228 valence electrons. The first-order valence-electron chi connectivity index (χ1n) is 15.3. The van der Waals surface area contributed by atoms with Gasteiger partial charge in [-0.15, -0.1) is 0 Å². The number of guanidine groups is 1. The van der Waals surface area contributed by atoms with Crippen LogP contribution in [0.5, 0.6) is 0 Å². The molecule has 0 spiro atoms. The summed E-state index contributed by atoms with van der Waals surface area (Å²) >= 11 is 12.3. The smallest absolute Gasteiger partial charge is 0.251 e. The van der Waals surface area contributed by atoms with E-state index in [2.05, 4.69) is 55.5 Å². The minimum Gasteiger partial charge on any atom is -0.394 e. The summed E-state index contributed by atoms with van der Waals surface area (Å²) in [4.78, 5) is 20.8. The van der Waals surface area contributed by atoms with Gasteiger partial charge < -0.3 is 26.0 Å². The lowest BCUT2D eigenvalue weighted by Gasteiger charge is -2.61. The number of hydrogen-bond acceptors (Lipinski definition) is 4. The molecule has 7 nitrogen and oxygen atoms in total. The van der Waals surface area contributed by atoms with Crippen LogP contribution in [0.4, 0.5) is 5.69 Å². The summed E-state index contributed by atoms with van der Waals surface area (Å²) in [6.45, 7) is 13.2. The van der Waals surface area contributed by atoms with Crippen LogP contribution in [-0.2, 0) is 6.42 Å². The maximum atomic E-state index is 13.0. The number of fused-ring (bicyclic) bond motifs is 2. The lowest BCUT2D eigenvalue weighted by molar-refractivity contribution is -0.108. The van der Waals surface area contributed by atoms with Crippen LogP contribution in [0.1, 0.15) is 63.4 Å². The van der Waals surface area contributed by atoms with Crippen LogP contribution in [0.3, 0.4) is 0 Å². The molecule has 6 rings (SSSR count). The van der Waals surface area contributed by atoms with Crippen molar-refractivity contribution in [1.82, 2.24) is 15.5 Å². The van der Waals surface area contributed by atoms with Crippen molar-refractivity contribution in [1.29, 1.82) is 0 Å². The van der Waals surface area contributed by atoms with Crippen LogP contribution in [0, 0.1) is 23.2 Å². The van der Waals surface area contributed by atoms with Gasteiger partial charge in [-0.2, -0.15) is 0 Å². The summed E-state index contributed by atoms with van der Waals surface area (Å²) in [5.74, 6) is 2.69. The van der Waals surface area contributed by atoms with Crippen molar-refractivity contribution in [3.05, 3.63) is 63.6 Å². The number of nitrogens with zero attached hydrogens (tertiary/aromatic N) is 2. The molecule has 42 heavy (non-hydrogen) atoms. The van der Waals surface area contributed by atoms with Crippen molar-refractivity contribution in [3.8, 4) is 0 Å². The van der Waals surface area contributed by atoms with E-state index >= 15 is 0 Å². The molecule has 2 aromatic rings. The quantitative estimate of drug-likeness (QED) is 0.232. The third-order valence-corrected chi connectivity index (χ3v) is 10.5. The summed E-state index contributed by atoms with van der Waals surface area (Å²) in [7, 11) is 0. The van der Waals surface area contributed by atoms with E-state index in [9.17, 15) is 9.90 Å². The normalized spacial score (nSPS) is 29.4. The van der Waals surface area contributed by atoms with Crippen molar-refractivity contribution in [2.75, 3.05) is 25.0 Å². The molecule has 3 saturated carbocycles. The largest absolute Gasteiger partial charge is 0.394 e. The Morgan fingerprint density at radius 2 is 1.79 bits per heavy atom. The standard InChI is InChI=1S/C33H45Cl2N5O2/c1-19-16-40(17-20(2)36-19)32(39-30-14-24-13-28(21(30)3)33(24,4)5)38-26-10-7-22(8-11-26)31(42)37-27(18-41)12-23-6-9-25(34)15-29(23)35/h6-11,15,19-21,24,27-28,30,36,41H,12-14,16-18H2,1-5H3,(H,37,42)(H,38,39)/t19-,20+,21-,24-,27-,28+,30?/m0/s1. The molecule has 1 unspecified atom stereocenters. The van der Waals surface area contributed by atoms with E-state index in [0.29, 0.717) is 51.5 Å². The molecule has 9 heteroatoms. The fourth-order valence-electron chi connectivity index (χ4n) is 7.36. The van der Waals surface area contributed by atoms with Crippen LogP contribution < -0.4 is 16.0 Å². The van der Waals surface area contributed by atoms with E-state index in [4.69, 9.17) is 28.2 Å². The highest BCUT2D eigenvalue weighted by Crippen LogP contribution is 2.61. The zero-order chi connectivity index (χ0) is 30.2. The number of anilines is 1. The molecule has 2 bridgehead atoms. The van der Waals surface area contributed by atoms with Crippen molar-refractivity contribution in [2.24, 2.45) is 28.2 Å². The SMILES string of the molecule is C[C@@H]1CN(C(=NC2C[C@@H]3C[C@H]([C@@H]2C)C3(C)C)Nc2ccc(C(=O)N[C@H](CO)Cc3ccc(Cl)cc3Cl)cc2)C[C@H](C)N1. The molecule has 1 saturated heterocycles. The Hall–Kier alpha value is -2.32. The lowest BCUT2D eigenvalue weighted by Crippen LogP contribution is -2.59. The van der Waals surface area contributed by atoms with E-state index in [-0.39, 0.29) is 12.5 Å². The van der Waals surface area contributed by atoms with Gasteiger partial charge in [0.1, 0.15) is 0 Å². The van der Waals surface area contributed by atoms with Crippen LogP contribution >= 0.6 is 23.2 Å². The Bertz CT molecular complexity index is 1290. The molecule has 4 aliphatic rings. The van der Waals surface area contributed by atoms with Gasteiger partial charge in [0.15, 0.2) is 5.96 Å². The maximum Gasteiger partial charge on any atom is 0.251 e. The fraction of sp³-hybridized carbons (Fsp3) is 0.576. The highest BCUT2D eigenvalue weighted by molar-refractivity contribution is 6.35. The predicted octanol–water partition coefficient (Wildman–Crippen LogP) is 5.85. The van der Waals surface area contributed by atoms with Gasteiger partial charge in [0.05, 0.1) is 18.7 Å². The lowest BCUT2D eigenvalue weighted by atomic mass is 9.45. The van der Waals surface area contributed by atoms with Crippen LogP contribution in [0.25, 0.3) is 0 Å². The molecule has 1 aliphatic heterocycles. The van der Waals surface area contributed by atoms with Gasteiger partial charge in [-0.25, -0.2) is 4.99 Å². The van der Waals surface area contributed by atoms with Crippen molar-refractivity contribution in [2.45, 2.75) is 78.0 Å². The molecule has 2 aromatic carbocycles. The third kappa shape index (κ3) is 6.75. The second-order valence-corrected chi connectivity index (χ2v) is 14.2. The van der Waals surface area contributed by atoms with Gasteiger partial charge in [0.2, 0.25) is 0 Å². The van der Waals surface area contributed by atoms with Crippen molar-refractivity contribution >= 4 is 40.8 Å². The molecule has 0 radical (unpaired) electrons. The number of aliphatic imine (C=N–C) groups is 1. The second kappa shape index (κ2) is 12.7. The monoisotopic (exact) mass is 613 g/mol. The van der Waals surface area contributed by atoms with E-state index in [0.717, 1.165) is 48.6 Å². The Kier molecular flexibility index (Phi) is 9.43. The Morgan fingerprint density at radius 3 is 2.38 bits per heavy atom. The number of hydrogen-bond donors (Lipinski definition) is 4. The number of carbonyl (C=O) groups is 1. The average molecular weight is 615 g/mol. The number of halogens is 2. The van der Waals surface area contributed by atoms with Gasteiger partial charge >= 0.3 is 0 Å². The number of benzene rings is 2. The number of aliphatic hydroxyl groups is 1. The molecule has 1 heterocycles. The Morgan fingerprint density at radius 1 is 1.10 bits per heavy atom. The molecule has 7 atom stereocenters. The van der Waals surface area contributed by atoms with Gasteiger partial charge in [-0.1, -0.05) is 50.0 Å². The number of carbonyl (C=O) groups excluding carboxylic acids is 1. The fourth-order valence-corrected chi connectivity index (χ4v) is 7.85. The Labute approximate surface area is 260 Å². The van der Waals surface area contributed by atoms with Crippen LogP contribution in [0.2, 0.25) is 10.0 Å². The molecule has 4 N–H and O–H groups in total. The molecule has 0 aromatic heterocycles. The van der Waals surface area contributed by atoms with Crippen LogP contribution in [-0.4, -0.2) is 65.7 Å². The minimum atomic E-state index is -0.474. The van der Waals surface area contributed by atoms with E-state index in [1.807, 2.05) is 30.3 Å². The van der Waals surface area contributed by atoms with E-state index in [1.54, 1.807) is 12.1 Å². The molecular weight excluding hydrogens is 569 g/mol. The molecular formula is C33H45Cl2N5O2. The second-order valence-electron chi connectivity index (χ2n) is 13.3. The highest BCUT2D eigenvalue weighted by Gasteiger charge is 2.56. The first kappa shape index (κ1) is 31.1. The summed E-state index contributed by atoms with van der Waals surface area (Å²) in [5, 5.41) is 21.2. The number of nitrogens with one attached hydrogen (secondary N) is 3. The van der Waals surface area contributed by atoms with Gasteiger partial charge in [0.25, 0.3) is 5.91 Å². The summed E-state index contributed by atoms with van der Waals surface area (Å²) in [6.07, 6.45) is 2.87. The van der Waals surface area contributed by atoms with Gasteiger partial charge in [-0.05, 0) is 98.2 Å². The topological polar surface area (TPSA) is 89.0 Å². The number of amides is 1. The minimum absolute atomic E-state index is 0.204. The zero-order valence-electron chi connectivity index (χ0n) is 25.3. The van der Waals surface area contributed by atoms with E-state index in [1.165, 1.54) is 6.42 Å². The van der Waals surface area contributed by atoms with Crippen molar-refractivity contribution in [3.63, 3.8) is 0 Å². The van der Waals surface area contributed by atoms with Crippen LogP contribution in [0.15, 0.2) is 47.5 Å². The molecule has 3 aliphatic carbocycles. The Balaban J connectivity index is 1.28. The van der Waals surface area contributed by atoms with Gasteiger partial charge in [0, 0.05) is 46.5 Å². The zero-order valence-corrected chi connectivity index (χ0v) is 26.8. The first-order chi connectivity index (χ1) is 19.9. The van der Waals surface area contributed by atoms with E-state index < -0.39 is 6.04 Å². The number of rotatable bonds is 7. The summed E-state index contributed by atoms with van der Waals surface area (Å²) in [6, 6.07) is 13.3. The van der Waals surface area contributed by atoms with Crippen molar-refractivity contribution < 1.29 is 9.90 Å². The number of aliphatic hydroxyl groups excluding tert-OH is 1. The maximum absolute atomic E-state index is 13.0. The highest BCUT2D eigenvalue weighted by atomic mass is 35.5.